The van der Waals surface area contributed by atoms with Crippen molar-refractivity contribution >= 4 is 5.84 Å². The number of hydrogen-bond acceptors (Lipinski definition) is 3. The SMILES string of the molecule is Cc1cc(C(F)(F)F)c(/C(N)=N/O)c(C(C)C)n1. The highest BCUT2D eigenvalue weighted by Crippen LogP contribution is 2.35. The lowest BCUT2D eigenvalue weighted by atomic mass is 9.97. The molecule has 0 amide bonds. The molecule has 0 saturated carbocycles. The first-order chi connectivity index (χ1) is 8.18. The second kappa shape index (κ2) is 4.83. The number of rotatable bonds is 2. The number of hydrogen-bond donors (Lipinski definition) is 2. The number of aromatic nitrogens is 1. The summed E-state index contributed by atoms with van der Waals surface area (Å²) in [7, 11) is 0. The van der Waals surface area contributed by atoms with Crippen LogP contribution in [0.2, 0.25) is 0 Å². The van der Waals surface area contributed by atoms with Crippen LogP contribution in [0.4, 0.5) is 13.2 Å². The van der Waals surface area contributed by atoms with E-state index in [0.29, 0.717) is 0 Å². The maximum atomic E-state index is 12.9. The molecule has 0 aliphatic rings. The largest absolute Gasteiger partial charge is 0.417 e. The van der Waals surface area contributed by atoms with E-state index in [1.807, 2.05) is 0 Å². The highest BCUT2D eigenvalue weighted by Gasteiger charge is 2.36. The molecule has 0 aliphatic heterocycles. The van der Waals surface area contributed by atoms with Crippen molar-refractivity contribution in [2.75, 3.05) is 0 Å². The molecule has 0 radical (unpaired) electrons. The summed E-state index contributed by atoms with van der Waals surface area (Å²) in [5.41, 5.74) is 4.45. The summed E-state index contributed by atoms with van der Waals surface area (Å²) in [4.78, 5) is 4.04. The van der Waals surface area contributed by atoms with Crippen LogP contribution in [-0.2, 0) is 6.18 Å². The molecule has 0 fully saturated rings. The van der Waals surface area contributed by atoms with E-state index in [9.17, 15) is 13.2 Å². The molecule has 0 saturated heterocycles. The van der Waals surface area contributed by atoms with Gasteiger partial charge in [-0.05, 0) is 18.9 Å². The Bertz CT molecular complexity index is 481. The Balaban J connectivity index is 3.69. The first kappa shape index (κ1) is 14.3. The van der Waals surface area contributed by atoms with Gasteiger partial charge in [0.2, 0.25) is 0 Å². The van der Waals surface area contributed by atoms with Crippen LogP contribution in [0.1, 0.15) is 42.3 Å². The van der Waals surface area contributed by atoms with Gasteiger partial charge in [0.15, 0.2) is 5.84 Å². The second-order valence-electron chi connectivity index (χ2n) is 4.21. The predicted molar refractivity (Wildman–Crippen MR) is 60.6 cm³/mol. The summed E-state index contributed by atoms with van der Waals surface area (Å²) < 4.78 is 38.8. The molecule has 0 aliphatic carbocycles. The molecule has 0 bridgehead atoms. The molecule has 18 heavy (non-hydrogen) atoms. The topological polar surface area (TPSA) is 71.5 Å². The number of pyridine rings is 1. The standard InChI is InChI=1S/C11H14F3N3O/c1-5(2)9-8(10(15)17-18)7(11(12,13)14)4-6(3)16-9/h4-5,18H,1-3H3,(H2,15,17). The van der Waals surface area contributed by atoms with Crippen molar-refractivity contribution < 1.29 is 18.4 Å². The van der Waals surface area contributed by atoms with E-state index in [-0.39, 0.29) is 22.9 Å². The molecule has 0 spiro atoms. The lowest BCUT2D eigenvalue weighted by Gasteiger charge is -2.18. The minimum absolute atomic E-state index is 0.164. The number of nitrogens with zero attached hydrogens (tertiary/aromatic N) is 2. The first-order valence-corrected chi connectivity index (χ1v) is 5.25. The van der Waals surface area contributed by atoms with Crippen LogP contribution in [-0.4, -0.2) is 16.0 Å². The minimum Gasteiger partial charge on any atom is -0.409 e. The number of aryl methyl sites for hydroxylation is 1. The van der Waals surface area contributed by atoms with Gasteiger partial charge in [0, 0.05) is 5.69 Å². The van der Waals surface area contributed by atoms with Gasteiger partial charge in [-0.3, -0.25) is 4.98 Å². The van der Waals surface area contributed by atoms with Gasteiger partial charge in [0.05, 0.1) is 16.8 Å². The van der Waals surface area contributed by atoms with Crippen molar-refractivity contribution in [1.29, 1.82) is 0 Å². The summed E-state index contributed by atoms with van der Waals surface area (Å²) in [5.74, 6) is -0.861. The van der Waals surface area contributed by atoms with Crippen molar-refractivity contribution in [1.82, 2.24) is 4.98 Å². The van der Waals surface area contributed by atoms with Crippen LogP contribution in [0.15, 0.2) is 11.2 Å². The summed E-state index contributed by atoms with van der Waals surface area (Å²) >= 11 is 0. The fraction of sp³-hybridized carbons (Fsp3) is 0.455. The van der Waals surface area contributed by atoms with Gasteiger partial charge in [-0.2, -0.15) is 13.2 Å². The minimum atomic E-state index is -4.58. The number of oxime groups is 1. The third kappa shape index (κ3) is 2.72. The maximum absolute atomic E-state index is 12.9. The van der Waals surface area contributed by atoms with E-state index in [0.717, 1.165) is 6.07 Å². The fourth-order valence-electron chi connectivity index (χ4n) is 1.66. The van der Waals surface area contributed by atoms with E-state index in [4.69, 9.17) is 10.9 Å². The zero-order valence-electron chi connectivity index (χ0n) is 10.2. The van der Waals surface area contributed by atoms with Gasteiger partial charge in [0.25, 0.3) is 0 Å². The molecule has 1 aromatic rings. The van der Waals surface area contributed by atoms with Crippen LogP contribution < -0.4 is 5.73 Å². The quantitative estimate of drug-likeness (QED) is 0.372. The van der Waals surface area contributed by atoms with Gasteiger partial charge < -0.3 is 10.9 Å². The second-order valence-corrected chi connectivity index (χ2v) is 4.21. The van der Waals surface area contributed by atoms with Gasteiger partial charge in [-0.1, -0.05) is 19.0 Å². The predicted octanol–water partition coefficient (Wildman–Crippen LogP) is 2.63. The van der Waals surface area contributed by atoms with E-state index in [1.165, 1.54) is 6.92 Å². The van der Waals surface area contributed by atoms with Gasteiger partial charge in [-0.15, -0.1) is 0 Å². The van der Waals surface area contributed by atoms with Gasteiger partial charge in [0.1, 0.15) is 0 Å². The van der Waals surface area contributed by atoms with Crippen LogP contribution in [0.3, 0.4) is 0 Å². The highest BCUT2D eigenvalue weighted by molar-refractivity contribution is 5.99. The molecule has 1 aromatic heterocycles. The fourth-order valence-corrected chi connectivity index (χ4v) is 1.66. The van der Waals surface area contributed by atoms with Crippen LogP contribution >= 0.6 is 0 Å². The summed E-state index contributed by atoms with van der Waals surface area (Å²) in [5, 5.41) is 11.3. The number of amidine groups is 1. The number of halogens is 3. The van der Waals surface area contributed by atoms with Crippen LogP contribution in [0.5, 0.6) is 0 Å². The van der Waals surface area contributed by atoms with Crippen molar-refractivity contribution in [2.24, 2.45) is 10.9 Å². The highest BCUT2D eigenvalue weighted by atomic mass is 19.4. The van der Waals surface area contributed by atoms with Crippen molar-refractivity contribution in [3.05, 3.63) is 28.6 Å². The average molecular weight is 261 g/mol. The molecule has 0 atom stereocenters. The van der Waals surface area contributed by atoms with Gasteiger partial charge in [-0.25, -0.2) is 0 Å². The summed E-state index contributed by atoms with van der Waals surface area (Å²) in [6.45, 7) is 4.85. The van der Waals surface area contributed by atoms with Gasteiger partial charge >= 0.3 is 6.18 Å². The molecular weight excluding hydrogens is 247 g/mol. The Morgan fingerprint density at radius 2 is 2.00 bits per heavy atom. The number of alkyl halides is 3. The Morgan fingerprint density at radius 1 is 1.44 bits per heavy atom. The summed E-state index contributed by atoms with van der Waals surface area (Å²) in [6.07, 6.45) is -4.58. The molecule has 100 valence electrons. The summed E-state index contributed by atoms with van der Waals surface area (Å²) in [6, 6.07) is 0.888. The lowest BCUT2D eigenvalue weighted by molar-refractivity contribution is -0.137. The van der Waals surface area contributed by atoms with E-state index in [2.05, 4.69) is 10.1 Å². The first-order valence-electron chi connectivity index (χ1n) is 5.25. The maximum Gasteiger partial charge on any atom is 0.417 e. The van der Waals surface area contributed by atoms with E-state index in [1.54, 1.807) is 13.8 Å². The molecule has 4 nitrogen and oxygen atoms in total. The zero-order valence-corrected chi connectivity index (χ0v) is 10.2. The Hall–Kier alpha value is -1.79. The molecular formula is C11H14F3N3O. The molecule has 1 heterocycles. The Kier molecular flexibility index (Phi) is 3.83. The van der Waals surface area contributed by atoms with Crippen molar-refractivity contribution in [3.63, 3.8) is 0 Å². The third-order valence-corrected chi connectivity index (χ3v) is 2.39. The monoisotopic (exact) mass is 261 g/mol. The normalized spacial score (nSPS) is 13.2. The van der Waals surface area contributed by atoms with E-state index >= 15 is 0 Å². The molecule has 7 heteroatoms. The lowest BCUT2D eigenvalue weighted by Crippen LogP contribution is -2.24. The van der Waals surface area contributed by atoms with Crippen molar-refractivity contribution in [3.8, 4) is 0 Å². The average Bonchev–Trinajstić information content (AvgIpc) is 2.25. The Labute approximate surface area is 102 Å². The van der Waals surface area contributed by atoms with Crippen LogP contribution in [0, 0.1) is 6.92 Å². The van der Waals surface area contributed by atoms with E-state index < -0.39 is 17.6 Å². The smallest absolute Gasteiger partial charge is 0.409 e. The zero-order chi connectivity index (χ0) is 14.1. The van der Waals surface area contributed by atoms with Crippen molar-refractivity contribution in [2.45, 2.75) is 32.9 Å². The van der Waals surface area contributed by atoms with Crippen LogP contribution in [0.25, 0.3) is 0 Å². The third-order valence-electron chi connectivity index (χ3n) is 2.39. The molecule has 1 rings (SSSR count). The Morgan fingerprint density at radius 3 is 2.39 bits per heavy atom. The molecule has 3 N–H and O–H groups in total. The molecule has 0 aromatic carbocycles. The number of nitrogens with two attached hydrogens (primary N) is 1. The molecule has 0 unspecified atom stereocenters.